The molecule has 0 aromatic carbocycles. The van der Waals surface area contributed by atoms with E-state index in [9.17, 15) is 19.2 Å². The summed E-state index contributed by atoms with van der Waals surface area (Å²) in [5.74, 6) is -2.13. The van der Waals surface area contributed by atoms with Gasteiger partial charge in [0.2, 0.25) is 11.8 Å². The SMILES string of the molecule is C=CCOC(=O)C1N2C(=O)[C@@H](NC(=O)CC(=O)OC)[C@H]2SC1(C)C. The Bertz CT molecular complexity index is 591. The van der Waals surface area contributed by atoms with Crippen LogP contribution in [-0.2, 0) is 28.7 Å². The standard InChI is InChI=1S/C15H20N2O6S/c1-5-6-23-14(21)11-15(2,3)24-13-10(12(20)17(11)13)16-8(18)7-9(19)22-4/h5,10-11,13H,1,6-7H2,2-4H3,(H,16,18)/t10-,11?,13-/m1/s1. The van der Waals surface area contributed by atoms with Crippen LogP contribution in [0.5, 0.6) is 0 Å². The van der Waals surface area contributed by atoms with Crippen molar-refractivity contribution in [2.24, 2.45) is 0 Å². The molecule has 2 heterocycles. The molecule has 2 amide bonds. The molecular formula is C15H20N2O6S. The molecule has 2 aliphatic rings. The minimum absolute atomic E-state index is 0.0715. The number of hydrogen-bond donors (Lipinski definition) is 1. The zero-order chi connectivity index (χ0) is 18.1. The number of fused-ring (bicyclic) bond motifs is 1. The maximum absolute atomic E-state index is 12.4. The Balaban J connectivity index is 2.05. The second-order valence-electron chi connectivity index (χ2n) is 5.98. The third-order valence-electron chi connectivity index (χ3n) is 3.86. The summed E-state index contributed by atoms with van der Waals surface area (Å²) in [4.78, 5) is 48.9. The molecule has 0 spiro atoms. The van der Waals surface area contributed by atoms with Gasteiger partial charge in [0, 0.05) is 4.75 Å². The Hall–Kier alpha value is -2.03. The van der Waals surface area contributed by atoms with Gasteiger partial charge in [0.15, 0.2) is 0 Å². The van der Waals surface area contributed by atoms with Gasteiger partial charge in [-0.25, -0.2) is 4.79 Å². The highest BCUT2D eigenvalue weighted by Crippen LogP contribution is 2.51. The molecule has 9 heteroatoms. The topological polar surface area (TPSA) is 102 Å². The predicted molar refractivity (Wildman–Crippen MR) is 85.8 cm³/mol. The first-order valence-corrected chi connectivity index (χ1v) is 8.24. The van der Waals surface area contributed by atoms with Crippen molar-refractivity contribution in [3.05, 3.63) is 12.7 Å². The fourth-order valence-corrected chi connectivity index (χ4v) is 4.39. The zero-order valence-corrected chi connectivity index (χ0v) is 14.6. The summed E-state index contributed by atoms with van der Waals surface area (Å²) in [6.45, 7) is 7.24. The van der Waals surface area contributed by atoms with Gasteiger partial charge in [-0.1, -0.05) is 12.7 Å². The van der Waals surface area contributed by atoms with Gasteiger partial charge in [-0.2, -0.15) is 0 Å². The minimum Gasteiger partial charge on any atom is -0.469 e. The molecule has 1 N–H and O–H groups in total. The summed E-state index contributed by atoms with van der Waals surface area (Å²) >= 11 is 1.41. The molecule has 2 aliphatic heterocycles. The van der Waals surface area contributed by atoms with E-state index >= 15 is 0 Å². The van der Waals surface area contributed by atoms with Crippen molar-refractivity contribution in [1.29, 1.82) is 0 Å². The Labute approximate surface area is 143 Å². The Morgan fingerprint density at radius 1 is 1.42 bits per heavy atom. The third-order valence-corrected chi connectivity index (χ3v) is 5.43. The molecule has 0 saturated carbocycles. The van der Waals surface area contributed by atoms with E-state index in [1.807, 2.05) is 13.8 Å². The number of methoxy groups -OCH3 is 1. The Morgan fingerprint density at radius 3 is 2.67 bits per heavy atom. The largest absolute Gasteiger partial charge is 0.469 e. The minimum atomic E-state index is -0.761. The van der Waals surface area contributed by atoms with Crippen LogP contribution in [0.3, 0.4) is 0 Å². The fourth-order valence-electron chi connectivity index (χ4n) is 2.77. The number of carbonyl (C=O) groups excluding carboxylic acids is 4. The van der Waals surface area contributed by atoms with E-state index in [1.54, 1.807) is 0 Å². The van der Waals surface area contributed by atoms with E-state index in [1.165, 1.54) is 29.8 Å². The van der Waals surface area contributed by atoms with Gasteiger partial charge in [-0.15, -0.1) is 11.8 Å². The highest BCUT2D eigenvalue weighted by Gasteiger charge is 2.64. The second-order valence-corrected chi connectivity index (χ2v) is 7.75. The van der Waals surface area contributed by atoms with E-state index in [2.05, 4.69) is 16.6 Å². The smallest absolute Gasteiger partial charge is 0.330 e. The number of hydrogen-bond acceptors (Lipinski definition) is 7. The molecule has 0 aromatic heterocycles. The first-order chi connectivity index (χ1) is 11.2. The molecule has 2 fully saturated rings. The number of β-lactam (4-membered cyclic amide) rings is 1. The molecule has 8 nitrogen and oxygen atoms in total. The quantitative estimate of drug-likeness (QED) is 0.305. The number of nitrogens with one attached hydrogen (secondary N) is 1. The molecule has 132 valence electrons. The van der Waals surface area contributed by atoms with Crippen molar-refractivity contribution < 1.29 is 28.7 Å². The number of nitrogens with zero attached hydrogens (tertiary/aromatic N) is 1. The molecule has 2 rings (SSSR count). The van der Waals surface area contributed by atoms with Gasteiger partial charge in [-0.05, 0) is 13.8 Å². The average molecular weight is 356 g/mol. The molecule has 0 radical (unpaired) electrons. The van der Waals surface area contributed by atoms with Gasteiger partial charge in [-0.3, -0.25) is 14.4 Å². The second kappa shape index (κ2) is 6.84. The first kappa shape index (κ1) is 18.3. The lowest BCUT2D eigenvalue weighted by Gasteiger charge is -2.43. The average Bonchev–Trinajstić information content (AvgIpc) is 2.78. The number of carbonyl (C=O) groups is 4. The summed E-state index contributed by atoms with van der Waals surface area (Å²) in [7, 11) is 1.18. The predicted octanol–water partition coefficient (Wildman–Crippen LogP) is -0.174. The van der Waals surface area contributed by atoms with Crippen LogP contribution in [-0.4, -0.2) is 64.6 Å². The van der Waals surface area contributed by atoms with Crippen LogP contribution in [0.15, 0.2) is 12.7 Å². The number of ether oxygens (including phenoxy) is 2. The molecule has 0 aliphatic carbocycles. The first-order valence-electron chi connectivity index (χ1n) is 7.36. The van der Waals surface area contributed by atoms with Crippen molar-refractivity contribution in [3.63, 3.8) is 0 Å². The molecule has 0 bridgehead atoms. The highest BCUT2D eigenvalue weighted by molar-refractivity contribution is 8.01. The zero-order valence-electron chi connectivity index (χ0n) is 13.7. The van der Waals surface area contributed by atoms with Gasteiger partial charge in [0.1, 0.15) is 30.5 Å². The van der Waals surface area contributed by atoms with Crippen molar-refractivity contribution in [2.45, 2.75) is 42.5 Å². The van der Waals surface area contributed by atoms with E-state index in [0.29, 0.717) is 0 Å². The van der Waals surface area contributed by atoms with Crippen LogP contribution in [0, 0.1) is 0 Å². The lowest BCUT2D eigenvalue weighted by atomic mass is 9.96. The van der Waals surface area contributed by atoms with E-state index in [4.69, 9.17) is 4.74 Å². The van der Waals surface area contributed by atoms with Crippen molar-refractivity contribution >= 4 is 35.5 Å². The number of thioether (sulfide) groups is 1. The van der Waals surface area contributed by atoms with E-state index in [-0.39, 0.29) is 17.9 Å². The highest BCUT2D eigenvalue weighted by atomic mass is 32.2. The van der Waals surface area contributed by atoms with Gasteiger partial charge in [0.25, 0.3) is 0 Å². The van der Waals surface area contributed by atoms with Crippen LogP contribution < -0.4 is 5.32 Å². The van der Waals surface area contributed by atoms with Gasteiger partial charge >= 0.3 is 11.9 Å². The summed E-state index contributed by atoms with van der Waals surface area (Å²) < 4.78 is 8.94. The maximum Gasteiger partial charge on any atom is 0.330 e. The molecule has 1 unspecified atom stereocenters. The van der Waals surface area contributed by atoms with E-state index < -0.39 is 41.1 Å². The number of amides is 2. The third kappa shape index (κ3) is 3.26. The fraction of sp³-hybridized carbons (Fsp3) is 0.600. The van der Waals surface area contributed by atoms with Crippen LogP contribution in [0.1, 0.15) is 20.3 Å². The monoisotopic (exact) mass is 356 g/mol. The normalized spacial score (nSPS) is 26.9. The molecular weight excluding hydrogens is 336 g/mol. The molecule has 24 heavy (non-hydrogen) atoms. The van der Waals surface area contributed by atoms with Crippen molar-refractivity contribution in [2.75, 3.05) is 13.7 Å². The summed E-state index contributed by atoms with van der Waals surface area (Å²) in [6.07, 6.45) is 1.00. The summed E-state index contributed by atoms with van der Waals surface area (Å²) in [6, 6.07) is -1.49. The Kier molecular flexibility index (Phi) is 5.22. The maximum atomic E-state index is 12.4. The number of esters is 2. The van der Waals surface area contributed by atoms with E-state index in [0.717, 1.165) is 0 Å². The van der Waals surface area contributed by atoms with Crippen LogP contribution in [0.2, 0.25) is 0 Å². The molecule has 3 atom stereocenters. The summed E-state index contributed by atoms with van der Waals surface area (Å²) in [5.41, 5.74) is 0. The van der Waals surface area contributed by atoms with Crippen LogP contribution >= 0.6 is 11.8 Å². The molecule has 0 aromatic rings. The van der Waals surface area contributed by atoms with Crippen molar-refractivity contribution in [1.82, 2.24) is 10.2 Å². The lowest BCUT2D eigenvalue weighted by Crippen LogP contribution is -2.70. The molecule has 2 saturated heterocycles. The van der Waals surface area contributed by atoms with Crippen LogP contribution in [0.4, 0.5) is 0 Å². The Morgan fingerprint density at radius 2 is 2.08 bits per heavy atom. The van der Waals surface area contributed by atoms with Crippen molar-refractivity contribution in [3.8, 4) is 0 Å². The van der Waals surface area contributed by atoms with Crippen LogP contribution in [0.25, 0.3) is 0 Å². The van der Waals surface area contributed by atoms with Gasteiger partial charge in [0.05, 0.1) is 7.11 Å². The number of rotatable bonds is 6. The lowest BCUT2D eigenvalue weighted by molar-refractivity contribution is -0.163. The summed E-state index contributed by atoms with van der Waals surface area (Å²) in [5, 5.41) is 2.16. The van der Waals surface area contributed by atoms with Gasteiger partial charge < -0.3 is 19.7 Å².